The number of nitrogens with two attached hydrogens (primary N) is 1. The number of aromatic nitrogens is 1. The molecule has 0 fully saturated rings. The Morgan fingerprint density at radius 1 is 1.33 bits per heavy atom. The van der Waals surface area contributed by atoms with Gasteiger partial charge in [-0.1, -0.05) is 17.7 Å². The molecule has 0 atom stereocenters. The largest absolute Gasteiger partial charge is 0.384 e. The van der Waals surface area contributed by atoms with Crippen molar-refractivity contribution in [3.8, 4) is 0 Å². The molecule has 0 bridgehead atoms. The van der Waals surface area contributed by atoms with Crippen LogP contribution < -0.4 is 11.1 Å². The Hall–Kier alpha value is -2.34. The van der Waals surface area contributed by atoms with Gasteiger partial charge < -0.3 is 11.1 Å². The fourth-order valence-electron chi connectivity index (χ4n) is 1.41. The molecule has 1 aromatic heterocycles. The Morgan fingerprint density at radius 2 is 2.11 bits per heavy atom. The van der Waals surface area contributed by atoms with Crippen molar-refractivity contribution in [1.82, 2.24) is 4.98 Å². The minimum atomic E-state index is -0.528. The van der Waals surface area contributed by atoms with E-state index >= 15 is 0 Å². The van der Waals surface area contributed by atoms with E-state index in [0.717, 1.165) is 0 Å². The van der Waals surface area contributed by atoms with Gasteiger partial charge in [0, 0.05) is 16.8 Å². The first-order valence-corrected chi connectivity index (χ1v) is 5.37. The first-order valence-electron chi connectivity index (χ1n) is 5.00. The van der Waals surface area contributed by atoms with E-state index in [4.69, 9.17) is 17.3 Å². The van der Waals surface area contributed by atoms with E-state index in [9.17, 15) is 10.1 Å². The Kier molecular flexibility index (Phi) is 3.29. The number of hydrogen-bond acceptors (Lipinski definition) is 5. The molecule has 6 nitrogen and oxygen atoms in total. The molecule has 0 radical (unpaired) electrons. The summed E-state index contributed by atoms with van der Waals surface area (Å²) in [5.41, 5.74) is 5.96. The van der Waals surface area contributed by atoms with E-state index in [1.165, 1.54) is 12.1 Å². The van der Waals surface area contributed by atoms with Gasteiger partial charge in [-0.15, -0.1) is 0 Å². The predicted octanol–water partition coefficient (Wildman–Crippen LogP) is 2.97. The average Bonchev–Trinajstić information content (AvgIpc) is 2.28. The summed E-state index contributed by atoms with van der Waals surface area (Å²) < 4.78 is 0. The third-order valence-corrected chi connectivity index (χ3v) is 2.41. The molecule has 3 N–H and O–H groups in total. The highest BCUT2D eigenvalue weighted by molar-refractivity contribution is 6.30. The van der Waals surface area contributed by atoms with Crippen molar-refractivity contribution in [1.29, 1.82) is 0 Å². The lowest BCUT2D eigenvalue weighted by Gasteiger charge is -2.06. The number of pyridine rings is 1. The number of nitrogen functional groups attached to an aromatic ring is 1. The van der Waals surface area contributed by atoms with Crippen molar-refractivity contribution in [2.24, 2.45) is 0 Å². The Balaban J connectivity index is 2.39. The third kappa shape index (κ3) is 2.67. The molecule has 0 aliphatic heterocycles. The number of hydrogen-bond donors (Lipinski definition) is 2. The van der Waals surface area contributed by atoms with Crippen LogP contribution in [0.1, 0.15) is 0 Å². The van der Waals surface area contributed by atoms with Gasteiger partial charge in [-0.05, 0) is 24.3 Å². The third-order valence-electron chi connectivity index (χ3n) is 2.18. The molecule has 2 aromatic rings. The Bertz CT molecular complexity index is 603. The zero-order valence-corrected chi connectivity index (χ0v) is 9.89. The molecule has 18 heavy (non-hydrogen) atoms. The first-order chi connectivity index (χ1) is 8.56. The summed E-state index contributed by atoms with van der Waals surface area (Å²) in [7, 11) is 0. The maximum atomic E-state index is 10.8. The maximum absolute atomic E-state index is 10.8. The number of nitrogens with zero attached hydrogens (tertiary/aromatic N) is 2. The normalized spacial score (nSPS) is 10.1. The fourth-order valence-corrected chi connectivity index (χ4v) is 1.60. The summed E-state index contributed by atoms with van der Waals surface area (Å²) >= 11 is 5.83. The standard InChI is InChI=1S/C11H9ClN4O2/c12-7-2-1-3-8(6-7)14-11-9(16(17)18)4-5-10(13)15-11/h1-6H,(H3,13,14,15). The molecule has 1 aromatic carbocycles. The van der Waals surface area contributed by atoms with Crippen molar-refractivity contribution in [2.45, 2.75) is 0 Å². The number of benzene rings is 1. The lowest BCUT2D eigenvalue weighted by Crippen LogP contribution is -2.01. The van der Waals surface area contributed by atoms with Crippen LogP contribution in [0.2, 0.25) is 5.02 Å². The number of halogens is 1. The summed E-state index contributed by atoms with van der Waals surface area (Å²) in [6.07, 6.45) is 0. The van der Waals surface area contributed by atoms with Crippen molar-refractivity contribution in [3.63, 3.8) is 0 Å². The highest BCUT2D eigenvalue weighted by Crippen LogP contribution is 2.27. The minimum Gasteiger partial charge on any atom is -0.384 e. The van der Waals surface area contributed by atoms with Gasteiger partial charge >= 0.3 is 5.69 Å². The van der Waals surface area contributed by atoms with E-state index in [1.807, 2.05) is 0 Å². The lowest BCUT2D eigenvalue weighted by molar-refractivity contribution is -0.384. The van der Waals surface area contributed by atoms with Crippen LogP contribution in [0.4, 0.5) is 23.0 Å². The van der Waals surface area contributed by atoms with Crippen LogP contribution in [0.3, 0.4) is 0 Å². The second kappa shape index (κ2) is 4.89. The molecule has 0 spiro atoms. The summed E-state index contributed by atoms with van der Waals surface area (Å²) in [5.74, 6) is 0.285. The van der Waals surface area contributed by atoms with Gasteiger partial charge in [0.15, 0.2) is 0 Å². The summed E-state index contributed by atoms with van der Waals surface area (Å²) in [4.78, 5) is 14.2. The zero-order valence-electron chi connectivity index (χ0n) is 9.13. The van der Waals surface area contributed by atoms with Crippen molar-refractivity contribution < 1.29 is 4.92 Å². The van der Waals surface area contributed by atoms with E-state index in [1.54, 1.807) is 24.3 Å². The molecule has 2 rings (SSSR count). The van der Waals surface area contributed by atoms with Crippen LogP contribution in [0.25, 0.3) is 0 Å². The average molecular weight is 265 g/mol. The lowest BCUT2D eigenvalue weighted by atomic mass is 10.3. The van der Waals surface area contributed by atoms with Gasteiger partial charge in [0.25, 0.3) is 0 Å². The highest BCUT2D eigenvalue weighted by Gasteiger charge is 2.15. The van der Waals surface area contributed by atoms with Gasteiger partial charge in [-0.2, -0.15) is 0 Å². The van der Waals surface area contributed by atoms with Gasteiger partial charge in [0.2, 0.25) is 5.82 Å². The molecule has 0 saturated heterocycles. The van der Waals surface area contributed by atoms with E-state index in [2.05, 4.69) is 10.3 Å². The second-order valence-electron chi connectivity index (χ2n) is 3.50. The fraction of sp³-hybridized carbons (Fsp3) is 0. The molecule has 0 unspecified atom stereocenters. The highest BCUT2D eigenvalue weighted by atomic mass is 35.5. The number of rotatable bonds is 3. The number of anilines is 3. The van der Waals surface area contributed by atoms with Crippen molar-refractivity contribution in [3.05, 3.63) is 51.5 Å². The predicted molar refractivity (Wildman–Crippen MR) is 70.0 cm³/mol. The molecule has 0 saturated carbocycles. The quantitative estimate of drug-likeness (QED) is 0.656. The van der Waals surface area contributed by atoms with Gasteiger partial charge in [-0.3, -0.25) is 10.1 Å². The molecule has 0 aliphatic carbocycles. The SMILES string of the molecule is Nc1ccc([N+](=O)[O-])c(Nc2cccc(Cl)c2)n1. The molecule has 7 heteroatoms. The molecule has 0 aliphatic rings. The second-order valence-corrected chi connectivity index (χ2v) is 3.93. The molecular weight excluding hydrogens is 256 g/mol. The minimum absolute atomic E-state index is 0.0854. The van der Waals surface area contributed by atoms with Crippen LogP contribution in [0, 0.1) is 10.1 Å². The number of nitrogens with one attached hydrogen (secondary N) is 1. The van der Waals surface area contributed by atoms with Gasteiger partial charge in [0.1, 0.15) is 5.82 Å². The van der Waals surface area contributed by atoms with E-state index in [-0.39, 0.29) is 17.3 Å². The van der Waals surface area contributed by atoms with Crippen LogP contribution in [0.5, 0.6) is 0 Å². The first kappa shape index (κ1) is 12.1. The summed E-state index contributed by atoms with van der Waals surface area (Å²) in [5, 5.41) is 14.2. The van der Waals surface area contributed by atoms with Crippen LogP contribution >= 0.6 is 11.6 Å². The zero-order chi connectivity index (χ0) is 13.1. The molecule has 92 valence electrons. The maximum Gasteiger partial charge on any atom is 0.311 e. The van der Waals surface area contributed by atoms with Crippen LogP contribution in [-0.2, 0) is 0 Å². The molecule has 1 heterocycles. The van der Waals surface area contributed by atoms with Crippen molar-refractivity contribution >= 4 is 34.6 Å². The van der Waals surface area contributed by atoms with Crippen molar-refractivity contribution in [2.75, 3.05) is 11.1 Å². The molecule has 0 amide bonds. The van der Waals surface area contributed by atoms with E-state index < -0.39 is 4.92 Å². The Morgan fingerprint density at radius 3 is 2.78 bits per heavy atom. The molecular formula is C11H9ClN4O2. The van der Waals surface area contributed by atoms with Gasteiger partial charge in [-0.25, -0.2) is 4.98 Å². The van der Waals surface area contributed by atoms with E-state index in [0.29, 0.717) is 10.7 Å². The van der Waals surface area contributed by atoms with Crippen LogP contribution in [-0.4, -0.2) is 9.91 Å². The smallest absolute Gasteiger partial charge is 0.311 e. The monoisotopic (exact) mass is 264 g/mol. The topological polar surface area (TPSA) is 94.1 Å². The van der Waals surface area contributed by atoms with Crippen LogP contribution in [0.15, 0.2) is 36.4 Å². The number of nitro groups is 1. The Labute approximate surface area is 108 Å². The van der Waals surface area contributed by atoms with Gasteiger partial charge in [0.05, 0.1) is 4.92 Å². The summed E-state index contributed by atoms with van der Waals surface area (Å²) in [6, 6.07) is 9.46. The summed E-state index contributed by atoms with van der Waals surface area (Å²) in [6.45, 7) is 0.